The molecule has 0 spiro atoms. The highest BCUT2D eigenvalue weighted by molar-refractivity contribution is 5.78. The summed E-state index contributed by atoms with van der Waals surface area (Å²) in [6.45, 7) is 3.86. The van der Waals surface area contributed by atoms with E-state index in [-0.39, 0.29) is 5.92 Å². The molecule has 0 N–H and O–H groups in total. The quantitative estimate of drug-likeness (QED) is 0.760. The highest BCUT2D eigenvalue weighted by atomic mass is 16.1. The highest BCUT2D eigenvalue weighted by Crippen LogP contribution is 2.36. The van der Waals surface area contributed by atoms with E-state index in [2.05, 4.69) is 31.2 Å². The van der Waals surface area contributed by atoms with Crippen LogP contribution < -0.4 is 0 Å². The van der Waals surface area contributed by atoms with E-state index < -0.39 is 0 Å². The largest absolute Gasteiger partial charge is 0.300 e. The van der Waals surface area contributed by atoms with Crippen molar-refractivity contribution in [1.29, 1.82) is 0 Å². The third-order valence-electron chi connectivity index (χ3n) is 4.13. The van der Waals surface area contributed by atoms with Gasteiger partial charge in [0.05, 0.1) is 0 Å². The molecule has 0 aliphatic heterocycles. The van der Waals surface area contributed by atoms with E-state index in [9.17, 15) is 4.79 Å². The van der Waals surface area contributed by atoms with Crippen molar-refractivity contribution in [2.45, 2.75) is 51.9 Å². The van der Waals surface area contributed by atoms with Crippen molar-refractivity contribution in [2.24, 2.45) is 5.92 Å². The zero-order valence-electron chi connectivity index (χ0n) is 10.9. The summed E-state index contributed by atoms with van der Waals surface area (Å²) in [5.41, 5.74) is 3.00. The number of aryl methyl sites for hydroxylation is 1. The molecule has 1 aromatic rings. The Hall–Kier alpha value is -1.11. The van der Waals surface area contributed by atoms with Gasteiger partial charge in [0.25, 0.3) is 0 Å². The highest BCUT2D eigenvalue weighted by Gasteiger charge is 2.24. The molecule has 92 valence electrons. The fourth-order valence-electron chi connectivity index (χ4n) is 3.06. The van der Waals surface area contributed by atoms with Crippen LogP contribution in [0.3, 0.4) is 0 Å². The van der Waals surface area contributed by atoms with Crippen molar-refractivity contribution < 1.29 is 4.79 Å². The molecule has 17 heavy (non-hydrogen) atoms. The van der Waals surface area contributed by atoms with E-state index in [4.69, 9.17) is 0 Å². The lowest BCUT2D eigenvalue weighted by Gasteiger charge is -2.27. The first kappa shape index (κ1) is 12.3. The van der Waals surface area contributed by atoms with E-state index in [1.807, 2.05) is 0 Å². The number of Topliss-reactive ketones (excluding diaryl/α,β-unsaturated/α-hetero) is 1. The van der Waals surface area contributed by atoms with E-state index in [0.717, 1.165) is 12.8 Å². The maximum absolute atomic E-state index is 11.6. The van der Waals surface area contributed by atoms with E-state index in [1.165, 1.54) is 30.4 Å². The maximum Gasteiger partial charge on any atom is 0.132 e. The Labute approximate surface area is 104 Å². The SMILES string of the molecule is CCC(CC1CCCc2ccccc21)C(C)=O. The van der Waals surface area contributed by atoms with Crippen molar-refractivity contribution in [3.05, 3.63) is 35.4 Å². The van der Waals surface area contributed by atoms with Gasteiger partial charge in [-0.2, -0.15) is 0 Å². The predicted octanol–water partition coefficient (Wildman–Crippen LogP) is 4.11. The Morgan fingerprint density at radius 1 is 1.41 bits per heavy atom. The number of ketones is 1. The molecule has 1 heteroatoms. The molecule has 0 radical (unpaired) electrons. The first-order chi connectivity index (χ1) is 8.22. The molecule has 0 fully saturated rings. The van der Waals surface area contributed by atoms with Crippen molar-refractivity contribution in [3.63, 3.8) is 0 Å². The van der Waals surface area contributed by atoms with Crippen LogP contribution >= 0.6 is 0 Å². The van der Waals surface area contributed by atoms with E-state index in [1.54, 1.807) is 6.92 Å². The smallest absolute Gasteiger partial charge is 0.132 e. The monoisotopic (exact) mass is 230 g/mol. The molecule has 0 saturated carbocycles. The molecule has 2 unspecified atom stereocenters. The third-order valence-corrected chi connectivity index (χ3v) is 4.13. The average Bonchev–Trinajstić information content (AvgIpc) is 2.35. The summed E-state index contributed by atoms with van der Waals surface area (Å²) in [4.78, 5) is 11.6. The van der Waals surface area contributed by atoms with Gasteiger partial charge in [-0.25, -0.2) is 0 Å². The van der Waals surface area contributed by atoms with Crippen LogP contribution in [0.4, 0.5) is 0 Å². The number of fused-ring (bicyclic) bond motifs is 1. The van der Waals surface area contributed by atoms with Crippen molar-refractivity contribution in [1.82, 2.24) is 0 Å². The Kier molecular flexibility index (Phi) is 3.98. The molecule has 0 aromatic heterocycles. The first-order valence-electron chi connectivity index (χ1n) is 6.80. The maximum atomic E-state index is 11.6. The van der Waals surface area contributed by atoms with Gasteiger partial charge in [0.15, 0.2) is 0 Å². The zero-order valence-corrected chi connectivity index (χ0v) is 10.9. The van der Waals surface area contributed by atoms with Gasteiger partial charge in [-0.1, -0.05) is 31.2 Å². The molecule has 0 heterocycles. The standard InChI is InChI=1S/C16H22O/c1-3-13(12(2)17)11-15-9-6-8-14-7-4-5-10-16(14)15/h4-5,7,10,13,15H,3,6,8-9,11H2,1-2H3. The van der Waals surface area contributed by atoms with Crippen LogP contribution in [0, 0.1) is 5.92 Å². The number of benzene rings is 1. The van der Waals surface area contributed by atoms with Crippen molar-refractivity contribution >= 4 is 5.78 Å². The second kappa shape index (κ2) is 5.48. The molecule has 1 nitrogen and oxygen atoms in total. The summed E-state index contributed by atoms with van der Waals surface area (Å²) in [5.74, 6) is 1.22. The summed E-state index contributed by atoms with van der Waals surface area (Å²) in [6, 6.07) is 8.76. The predicted molar refractivity (Wildman–Crippen MR) is 71.2 cm³/mol. The van der Waals surface area contributed by atoms with Crippen LogP contribution in [0.15, 0.2) is 24.3 Å². The van der Waals surface area contributed by atoms with Gasteiger partial charge in [-0.05, 0) is 56.1 Å². The van der Waals surface area contributed by atoms with Gasteiger partial charge in [-0.3, -0.25) is 4.79 Å². The minimum absolute atomic E-state index is 0.256. The fourth-order valence-corrected chi connectivity index (χ4v) is 3.06. The van der Waals surface area contributed by atoms with Gasteiger partial charge in [0.2, 0.25) is 0 Å². The Morgan fingerprint density at radius 3 is 2.88 bits per heavy atom. The molecule has 2 atom stereocenters. The van der Waals surface area contributed by atoms with Crippen LogP contribution in [0.1, 0.15) is 56.6 Å². The van der Waals surface area contributed by atoms with Crippen LogP contribution in [0.5, 0.6) is 0 Å². The van der Waals surface area contributed by atoms with E-state index >= 15 is 0 Å². The summed E-state index contributed by atoms with van der Waals surface area (Å²) in [7, 11) is 0. The van der Waals surface area contributed by atoms with Gasteiger partial charge in [0.1, 0.15) is 5.78 Å². The van der Waals surface area contributed by atoms with Crippen LogP contribution in [-0.4, -0.2) is 5.78 Å². The minimum atomic E-state index is 0.256. The van der Waals surface area contributed by atoms with Crippen molar-refractivity contribution in [2.75, 3.05) is 0 Å². The van der Waals surface area contributed by atoms with Crippen molar-refractivity contribution in [3.8, 4) is 0 Å². The van der Waals surface area contributed by atoms with Crippen LogP contribution in [-0.2, 0) is 11.2 Å². The molecule has 0 amide bonds. The number of hydrogen-bond acceptors (Lipinski definition) is 1. The Bertz CT molecular complexity index is 394. The molecule has 1 aliphatic rings. The minimum Gasteiger partial charge on any atom is -0.300 e. The van der Waals surface area contributed by atoms with Gasteiger partial charge < -0.3 is 0 Å². The lowest BCUT2D eigenvalue weighted by molar-refractivity contribution is -0.121. The molecule has 1 aliphatic carbocycles. The topological polar surface area (TPSA) is 17.1 Å². The second-order valence-electron chi connectivity index (χ2n) is 5.24. The van der Waals surface area contributed by atoms with Gasteiger partial charge >= 0.3 is 0 Å². The van der Waals surface area contributed by atoms with Gasteiger partial charge in [0, 0.05) is 5.92 Å². The fraction of sp³-hybridized carbons (Fsp3) is 0.562. The summed E-state index contributed by atoms with van der Waals surface area (Å²) in [5, 5.41) is 0. The van der Waals surface area contributed by atoms with Crippen LogP contribution in [0.25, 0.3) is 0 Å². The summed E-state index contributed by atoms with van der Waals surface area (Å²) in [6.07, 6.45) is 5.76. The first-order valence-corrected chi connectivity index (χ1v) is 6.80. The molecule has 0 saturated heterocycles. The van der Waals surface area contributed by atoms with Gasteiger partial charge in [-0.15, -0.1) is 0 Å². The second-order valence-corrected chi connectivity index (χ2v) is 5.24. The summed E-state index contributed by atoms with van der Waals surface area (Å²) < 4.78 is 0. The number of carbonyl (C=O) groups is 1. The number of carbonyl (C=O) groups excluding carboxylic acids is 1. The summed E-state index contributed by atoms with van der Waals surface area (Å²) >= 11 is 0. The Morgan fingerprint density at radius 2 is 2.18 bits per heavy atom. The molecule has 2 rings (SSSR count). The number of rotatable bonds is 4. The molecular weight excluding hydrogens is 208 g/mol. The number of hydrogen-bond donors (Lipinski definition) is 0. The average molecular weight is 230 g/mol. The lowest BCUT2D eigenvalue weighted by Crippen LogP contribution is -2.17. The normalized spacial score (nSPS) is 20.7. The third kappa shape index (κ3) is 2.77. The lowest BCUT2D eigenvalue weighted by atomic mass is 9.77. The zero-order chi connectivity index (χ0) is 12.3. The van der Waals surface area contributed by atoms with Crippen LogP contribution in [0.2, 0.25) is 0 Å². The molecule has 0 bridgehead atoms. The van der Waals surface area contributed by atoms with E-state index in [0.29, 0.717) is 11.7 Å². The molecule has 1 aromatic carbocycles. The Balaban J connectivity index is 2.15. The molecular formula is C16H22O.